The molecule has 6 nitrogen and oxygen atoms in total. The number of rotatable bonds is 10. The first kappa shape index (κ1) is 21.0. The van der Waals surface area contributed by atoms with Crippen LogP contribution in [-0.2, 0) is 19.4 Å². The molecule has 0 fully saturated rings. The van der Waals surface area contributed by atoms with Crippen molar-refractivity contribution >= 4 is 5.91 Å². The Hall–Kier alpha value is -3.25. The number of fused-ring (bicyclic) bond motifs is 1. The summed E-state index contributed by atoms with van der Waals surface area (Å²) in [5, 5.41) is 2.89. The van der Waals surface area contributed by atoms with Crippen molar-refractivity contribution in [3.63, 3.8) is 0 Å². The molecule has 0 atom stereocenters. The van der Waals surface area contributed by atoms with Crippen LogP contribution in [0.25, 0.3) is 0 Å². The fourth-order valence-electron chi connectivity index (χ4n) is 3.81. The van der Waals surface area contributed by atoms with Crippen molar-refractivity contribution in [2.24, 2.45) is 0 Å². The number of carbonyl (C=O) groups is 1. The lowest BCUT2D eigenvalue weighted by Crippen LogP contribution is -2.31. The molecule has 1 N–H and O–H groups in total. The molecule has 6 heteroatoms. The van der Waals surface area contributed by atoms with Crippen molar-refractivity contribution in [1.82, 2.24) is 20.2 Å². The third kappa shape index (κ3) is 6.12. The molecule has 0 radical (unpaired) electrons. The minimum absolute atomic E-state index is 0.00868. The van der Waals surface area contributed by atoms with E-state index in [0.29, 0.717) is 13.2 Å². The largest absolute Gasteiger partial charge is 0.494 e. The first-order chi connectivity index (χ1) is 15.3. The molecular weight excluding hydrogens is 388 g/mol. The van der Waals surface area contributed by atoms with E-state index in [0.717, 1.165) is 55.8 Å². The lowest BCUT2D eigenvalue weighted by molar-refractivity contribution is 0.0945. The molecule has 4 rings (SSSR count). The summed E-state index contributed by atoms with van der Waals surface area (Å²) in [4.78, 5) is 22.8. The Bertz CT molecular complexity index is 979. The summed E-state index contributed by atoms with van der Waals surface area (Å²) in [6.07, 6.45) is 10.2. The molecule has 1 aliphatic heterocycles. The molecule has 0 unspecified atom stereocenters. The van der Waals surface area contributed by atoms with Gasteiger partial charge in [0.15, 0.2) is 0 Å². The van der Waals surface area contributed by atoms with Crippen molar-refractivity contribution in [2.75, 3.05) is 26.2 Å². The summed E-state index contributed by atoms with van der Waals surface area (Å²) < 4.78 is 5.96. The SMILES string of the molecule is O=C1NCCc2ccc(OCCCN(CCc3cccnc3)Cc3ccncc3)cc21. The molecular formula is C25H28N4O2. The second-order valence-corrected chi connectivity index (χ2v) is 7.77. The normalized spacial score (nSPS) is 13.0. The highest BCUT2D eigenvalue weighted by atomic mass is 16.5. The molecule has 0 aliphatic carbocycles. The third-order valence-corrected chi connectivity index (χ3v) is 5.49. The molecule has 0 spiro atoms. The van der Waals surface area contributed by atoms with Crippen molar-refractivity contribution in [3.05, 3.63) is 89.5 Å². The lowest BCUT2D eigenvalue weighted by Gasteiger charge is -2.22. The molecule has 2 aromatic heterocycles. The fraction of sp³-hybridized carbons (Fsp3) is 0.320. The standard InChI is InChI=1S/C25H28N4O2/c30-25-24-17-23(5-4-22(24)8-13-28-25)31-16-2-14-29(19-21-6-11-26-12-7-21)15-9-20-3-1-10-27-18-20/h1,3-7,10-12,17-18H,2,8-9,13-16,19H2,(H,28,30). The number of hydrogen-bond acceptors (Lipinski definition) is 5. The Balaban J connectivity index is 1.30. The fourth-order valence-corrected chi connectivity index (χ4v) is 3.81. The van der Waals surface area contributed by atoms with Gasteiger partial charge in [-0.15, -0.1) is 0 Å². The topological polar surface area (TPSA) is 67.3 Å². The van der Waals surface area contributed by atoms with Crippen LogP contribution in [0.1, 0.15) is 33.5 Å². The molecule has 3 aromatic rings. The number of nitrogens with one attached hydrogen (secondary N) is 1. The highest BCUT2D eigenvalue weighted by Crippen LogP contribution is 2.21. The van der Waals surface area contributed by atoms with Crippen molar-refractivity contribution in [1.29, 1.82) is 0 Å². The van der Waals surface area contributed by atoms with Gasteiger partial charge in [-0.05, 0) is 66.3 Å². The van der Waals surface area contributed by atoms with Gasteiger partial charge in [-0.2, -0.15) is 0 Å². The zero-order valence-corrected chi connectivity index (χ0v) is 17.7. The Morgan fingerprint density at radius 2 is 1.90 bits per heavy atom. The van der Waals surface area contributed by atoms with E-state index in [1.165, 1.54) is 11.1 Å². The number of ether oxygens (including phenoxy) is 1. The Morgan fingerprint density at radius 1 is 1.00 bits per heavy atom. The van der Waals surface area contributed by atoms with E-state index < -0.39 is 0 Å². The molecule has 1 amide bonds. The van der Waals surface area contributed by atoms with Gasteiger partial charge in [0, 0.05) is 56.5 Å². The van der Waals surface area contributed by atoms with Gasteiger partial charge in [-0.25, -0.2) is 0 Å². The van der Waals surface area contributed by atoms with E-state index in [2.05, 4.69) is 38.4 Å². The van der Waals surface area contributed by atoms with Crippen LogP contribution in [-0.4, -0.2) is 47.0 Å². The second kappa shape index (κ2) is 10.7. The van der Waals surface area contributed by atoms with Crippen LogP contribution in [0.4, 0.5) is 0 Å². The average molecular weight is 417 g/mol. The maximum Gasteiger partial charge on any atom is 0.251 e. The van der Waals surface area contributed by atoms with E-state index in [9.17, 15) is 4.79 Å². The summed E-state index contributed by atoms with van der Waals surface area (Å²) >= 11 is 0. The van der Waals surface area contributed by atoms with Gasteiger partial charge in [0.1, 0.15) is 5.75 Å². The highest BCUT2D eigenvalue weighted by Gasteiger charge is 2.17. The van der Waals surface area contributed by atoms with Gasteiger partial charge < -0.3 is 10.1 Å². The molecule has 160 valence electrons. The van der Waals surface area contributed by atoms with Crippen molar-refractivity contribution in [3.8, 4) is 5.75 Å². The maximum absolute atomic E-state index is 12.0. The molecule has 31 heavy (non-hydrogen) atoms. The summed E-state index contributed by atoms with van der Waals surface area (Å²) in [7, 11) is 0. The van der Waals surface area contributed by atoms with E-state index in [-0.39, 0.29) is 5.91 Å². The minimum atomic E-state index is -0.00868. The maximum atomic E-state index is 12.0. The number of pyridine rings is 2. The molecule has 3 heterocycles. The summed E-state index contributed by atoms with van der Waals surface area (Å²) in [5.41, 5.74) is 4.32. The van der Waals surface area contributed by atoms with Crippen molar-refractivity contribution < 1.29 is 9.53 Å². The van der Waals surface area contributed by atoms with Crippen molar-refractivity contribution in [2.45, 2.75) is 25.8 Å². The predicted molar refractivity (Wildman–Crippen MR) is 120 cm³/mol. The Labute approximate surface area is 183 Å². The number of hydrogen-bond donors (Lipinski definition) is 1. The van der Waals surface area contributed by atoms with E-state index >= 15 is 0 Å². The summed E-state index contributed by atoms with van der Waals surface area (Å²) in [6.45, 7) is 4.07. The molecule has 1 aliphatic rings. The van der Waals surface area contributed by atoms with Gasteiger partial charge >= 0.3 is 0 Å². The van der Waals surface area contributed by atoms with E-state index in [1.54, 1.807) is 6.20 Å². The highest BCUT2D eigenvalue weighted by molar-refractivity contribution is 5.97. The first-order valence-corrected chi connectivity index (χ1v) is 10.8. The molecule has 0 bridgehead atoms. The van der Waals surface area contributed by atoms with Gasteiger partial charge in [0.05, 0.1) is 6.61 Å². The average Bonchev–Trinajstić information content (AvgIpc) is 2.82. The number of benzene rings is 1. The smallest absolute Gasteiger partial charge is 0.251 e. The molecule has 1 aromatic carbocycles. The van der Waals surface area contributed by atoms with E-state index in [1.807, 2.05) is 42.9 Å². The summed E-state index contributed by atoms with van der Waals surface area (Å²) in [5.74, 6) is 0.748. The second-order valence-electron chi connectivity index (χ2n) is 7.77. The third-order valence-electron chi connectivity index (χ3n) is 5.49. The lowest BCUT2D eigenvalue weighted by atomic mass is 10.0. The number of nitrogens with zero attached hydrogens (tertiary/aromatic N) is 3. The monoisotopic (exact) mass is 416 g/mol. The Kier molecular flexibility index (Phi) is 7.24. The molecule has 0 saturated carbocycles. The van der Waals surface area contributed by atoms with Crippen LogP contribution < -0.4 is 10.1 Å². The van der Waals surface area contributed by atoms with Crippen LogP contribution in [0.15, 0.2) is 67.3 Å². The Morgan fingerprint density at radius 3 is 2.74 bits per heavy atom. The van der Waals surface area contributed by atoms with Gasteiger partial charge in [-0.1, -0.05) is 12.1 Å². The van der Waals surface area contributed by atoms with E-state index in [4.69, 9.17) is 4.74 Å². The zero-order valence-electron chi connectivity index (χ0n) is 17.7. The van der Waals surface area contributed by atoms with Crippen LogP contribution >= 0.6 is 0 Å². The zero-order chi connectivity index (χ0) is 21.3. The number of aromatic nitrogens is 2. The van der Waals surface area contributed by atoms with Crippen LogP contribution in [0.3, 0.4) is 0 Å². The minimum Gasteiger partial charge on any atom is -0.494 e. The number of amides is 1. The van der Waals surface area contributed by atoms with Crippen LogP contribution in [0.5, 0.6) is 5.75 Å². The number of carbonyl (C=O) groups excluding carboxylic acids is 1. The van der Waals surface area contributed by atoms with Crippen LogP contribution in [0, 0.1) is 0 Å². The first-order valence-electron chi connectivity index (χ1n) is 10.8. The van der Waals surface area contributed by atoms with Gasteiger partial charge in [-0.3, -0.25) is 19.7 Å². The van der Waals surface area contributed by atoms with Gasteiger partial charge in [0.2, 0.25) is 0 Å². The molecule has 0 saturated heterocycles. The van der Waals surface area contributed by atoms with Crippen LogP contribution in [0.2, 0.25) is 0 Å². The van der Waals surface area contributed by atoms with Gasteiger partial charge in [0.25, 0.3) is 5.91 Å². The quantitative estimate of drug-likeness (QED) is 0.514. The predicted octanol–water partition coefficient (Wildman–Crippen LogP) is 3.28. The summed E-state index contributed by atoms with van der Waals surface area (Å²) in [6, 6.07) is 14.1.